The molecule has 19 heavy (non-hydrogen) atoms. The standard InChI is InChI=1S/C13H17F3N2O/c14-13(15,16)19-12-6-4-10(5-7-12)18-9-11-3-1-2-8-17-11/h4-7,11,17-18H,1-3,8-9H2. The molecule has 1 aromatic rings. The van der Waals surface area contributed by atoms with Gasteiger partial charge in [0.2, 0.25) is 0 Å². The Bertz CT molecular complexity index is 386. The highest BCUT2D eigenvalue weighted by atomic mass is 19.4. The van der Waals surface area contributed by atoms with Gasteiger partial charge in [0.1, 0.15) is 5.75 Å². The molecule has 1 saturated heterocycles. The molecule has 0 aromatic heterocycles. The van der Waals surface area contributed by atoms with Crippen LogP contribution in [0.15, 0.2) is 24.3 Å². The zero-order chi connectivity index (χ0) is 13.7. The average Bonchev–Trinajstić information content (AvgIpc) is 2.37. The molecule has 0 bridgehead atoms. The smallest absolute Gasteiger partial charge is 0.406 e. The van der Waals surface area contributed by atoms with E-state index in [1.54, 1.807) is 12.1 Å². The first-order valence-electron chi connectivity index (χ1n) is 6.36. The molecular weight excluding hydrogens is 257 g/mol. The van der Waals surface area contributed by atoms with Gasteiger partial charge in [-0.1, -0.05) is 6.42 Å². The lowest BCUT2D eigenvalue weighted by atomic mass is 10.1. The fraction of sp³-hybridized carbons (Fsp3) is 0.538. The van der Waals surface area contributed by atoms with Crippen molar-refractivity contribution in [2.24, 2.45) is 0 Å². The summed E-state index contributed by atoms with van der Waals surface area (Å²) in [6.07, 6.45) is -1.08. The van der Waals surface area contributed by atoms with Crippen LogP contribution in [-0.4, -0.2) is 25.5 Å². The van der Waals surface area contributed by atoms with Crippen molar-refractivity contribution >= 4 is 5.69 Å². The number of alkyl halides is 3. The zero-order valence-corrected chi connectivity index (χ0v) is 10.5. The molecule has 3 nitrogen and oxygen atoms in total. The molecule has 0 spiro atoms. The summed E-state index contributed by atoms with van der Waals surface area (Å²) in [4.78, 5) is 0. The molecule has 6 heteroatoms. The summed E-state index contributed by atoms with van der Waals surface area (Å²) in [6, 6.07) is 6.22. The predicted molar refractivity (Wildman–Crippen MR) is 67.3 cm³/mol. The van der Waals surface area contributed by atoms with E-state index in [0.717, 1.165) is 25.2 Å². The minimum atomic E-state index is -4.64. The van der Waals surface area contributed by atoms with E-state index in [2.05, 4.69) is 15.4 Å². The van der Waals surface area contributed by atoms with Crippen molar-refractivity contribution in [2.45, 2.75) is 31.7 Å². The zero-order valence-electron chi connectivity index (χ0n) is 10.5. The van der Waals surface area contributed by atoms with Gasteiger partial charge >= 0.3 is 6.36 Å². The molecule has 0 radical (unpaired) electrons. The highest BCUT2D eigenvalue weighted by molar-refractivity contribution is 5.46. The third-order valence-electron chi connectivity index (χ3n) is 3.05. The van der Waals surface area contributed by atoms with Crippen molar-refractivity contribution in [1.29, 1.82) is 0 Å². The van der Waals surface area contributed by atoms with Crippen LogP contribution in [0.3, 0.4) is 0 Å². The fourth-order valence-electron chi connectivity index (χ4n) is 2.11. The number of halogens is 3. The Balaban J connectivity index is 1.81. The number of anilines is 1. The summed E-state index contributed by atoms with van der Waals surface area (Å²) in [6.45, 7) is 1.81. The molecule has 106 valence electrons. The van der Waals surface area contributed by atoms with Crippen molar-refractivity contribution in [3.8, 4) is 5.75 Å². The monoisotopic (exact) mass is 274 g/mol. The Labute approximate surface area is 110 Å². The van der Waals surface area contributed by atoms with Gasteiger partial charge in [-0.05, 0) is 43.7 Å². The normalized spacial score (nSPS) is 20.1. The first-order chi connectivity index (χ1) is 9.03. The van der Waals surface area contributed by atoms with Crippen LogP contribution in [0.5, 0.6) is 5.75 Å². The first-order valence-corrected chi connectivity index (χ1v) is 6.36. The third kappa shape index (κ3) is 4.98. The van der Waals surface area contributed by atoms with E-state index < -0.39 is 6.36 Å². The van der Waals surface area contributed by atoms with Gasteiger partial charge in [0.15, 0.2) is 0 Å². The molecule has 2 N–H and O–H groups in total. The van der Waals surface area contributed by atoms with Crippen LogP contribution in [0, 0.1) is 0 Å². The second kappa shape index (κ2) is 6.14. The average molecular weight is 274 g/mol. The minimum absolute atomic E-state index is 0.200. The van der Waals surface area contributed by atoms with E-state index in [-0.39, 0.29) is 5.75 Å². The SMILES string of the molecule is FC(F)(F)Oc1ccc(NCC2CCCCN2)cc1. The van der Waals surface area contributed by atoms with Crippen molar-refractivity contribution in [3.05, 3.63) is 24.3 Å². The van der Waals surface area contributed by atoms with Crippen LogP contribution in [-0.2, 0) is 0 Å². The maximum absolute atomic E-state index is 12.0. The van der Waals surface area contributed by atoms with Crippen molar-refractivity contribution in [1.82, 2.24) is 5.32 Å². The molecule has 1 aromatic carbocycles. The maximum Gasteiger partial charge on any atom is 0.573 e. The number of piperidine rings is 1. The van der Waals surface area contributed by atoms with Gasteiger partial charge in [0.05, 0.1) is 0 Å². The number of benzene rings is 1. The highest BCUT2D eigenvalue weighted by Gasteiger charge is 2.30. The number of hydrogen-bond acceptors (Lipinski definition) is 3. The summed E-state index contributed by atoms with van der Waals surface area (Å²) >= 11 is 0. The Morgan fingerprint density at radius 3 is 2.53 bits per heavy atom. The van der Waals surface area contributed by atoms with Gasteiger partial charge < -0.3 is 15.4 Å². The second-order valence-electron chi connectivity index (χ2n) is 4.60. The van der Waals surface area contributed by atoms with E-state index in [1.165, 1.54) is 25.0 Å². The third-order valence-corrected chi connectivity index (χ3v) is 3.05. The molecule has 1 fully saturated rings. The van der Waals surface area contributed by atoms with Gasteiger partial charge in [-0.3, -0.25) is 0 Å². The van der Waals surface area contributed by atoms with Gasteiger partial charge in [-0.25, -0.2) is 0 Å². The summed E-state index contributed by atoms with van der Waals surface area (Å²) < 4.78 is 39.8. The summed E-state index contributed by atoms with van der Waals surface area (Å²) in [5.41, 5.74) is 0.793. The molecule has 1 atom stereocenters. The van der Waals surface area contributed by atoms with Crippen LogP contribution in [0.1, 0.15) is 19.3 Å². The number of rotatable bonds is 4. The molecule has 1 heterocycles. The van der Waals surface area contributed by atoms with Crippen LogP contribution in [0.2, 0.25) is 0 Å². The number of nitrogens with one attached hydrogen (secondary N) is 2. The molecular formula is C13H17F3N2O. The van der Waals surface area contributed by atoms with E-state index in [4.69, 9.17) is 0 Å². The summed E-state index contributed by atoms with van der Waals surface area (Å²) in [5, 5.41) is 6.60. The van der Waals surface area contributed by atoms with E-state index in [0.29, 0.717) is 6.04 Å². The predicted octanol–water partition coefficient (Wildman–Crippen LogP) is 3.14. The molecule has 0 saturated carbocycles. The molecule has 1 aliphatic rings. The van der Waals surface area contributed by atoms with Crippen LogP contribution >= 0.6 is 0 Å². The fourth-order valence-corrected chi connectivity index (χ4v) is 2.11. The van der Waals surface area contributed by atoms with Gasteiger partial charge in [-0.2, -0.15) is 0 Å². The molecule has 0 aliphatic carbocycles. The lowest BCUT2D eigenvalue weighted by molar-refractivity contribution is -0.274. The van der Waals surface area contributed by atoms with Crippen LogP contribution in [0.4, 0.5) is 18.9 Å². The molecule has 1 unspecified atom stereocenters. The summed E-state index contributed by atoms with van der Waals surface area (Å²) in [5.74, 6) is -0.200. The lowest BCUT2D eigenvalue weighted by Crippen LogP contribution is -2.39. The van der Waals surface area contributed by atoms with Crippen molar-refractivity contribution < 1.29 is 17.9 Å². The number of ether oxygens (including phenoxy) is 1. The van der Waals surface area contributed by atoms with E-state index >= 15 is 0 Å². The van der Waals surface area contributed by atoms with Gasteiger partial charge in [0.25, 0.3) is 0 Å². The second-order valence-corrected chi connectivity index (χ2v) is 4.60. The van der Waals surface area contributed by atoms with Crippen molar-refractivity contribution in [3.63, 3.8) is 0 Å². The topological polar surface area (TPSA) is 33.3 Å². The Morgan fingerprint density at radius 1 is 1.21 bits per heavy atom. The lowest BCUT2D eigenvalue weighted by Gasteiger charge is -2.24. The van der Waals surface area contributed by atoms with Crippen LogP contribution < -0.4 is 15.4 Å². The van der Waals surface area contributed by atoms with E-state index in [9.17, 15) is 13.2 Å². The molecule has 1 aliphatic heterocycles. The Kier molecular flexibility index (Phi) is 4.52. The maximum atomic E-state index is 12.0. The Morgan fingerprint density at radius 2 is 1.95 bits per heavy atom. The first kappa shape index (κ1) is 14.0. The van der Waals surface area contributed by atoms with Gasteiger partial charge in [-0.15, -0.1) is 13.2 Å². The highest BCUT2D eigenvalue weighted by Crippen LogP contribution is 2.24. The summed E-state index contributed by atoms with van der Waals surface area (Å²) in [7, 11) is 0. The van der Waals surface area contributed by atoms with Crippen molar-refractivity contribution in [2.75, 3.05) is 18.4 Å². The molecule has 0 amide bonds. The quantitative estimate of drug-likeness (QED) is 0.885. The van der Waals surface area contributed by atoms with E-state index in [1.807, 2.05) is 0 Å². The minimum Gasteiger partial charge on any atom is -0.406 e. The van der Waals surface area contributed by atoms with Gasteiger partial charge in [0, 0.05) is 18.3 Å². The largest absolute Gasteiger partial charge is 0.573 e. The number of hydrogen-bond donors (Lipinski definition) is 2. The molecule has 2 rings (SSSR count). The Hall–Kier alpha value is -1.43. The van der Waals surface area contributed by atoms with Crippen LogP contribution in [0.25, 0.3) is 0 Å².